The fourth-order valence-electron chi connectivity index (χ4n) is 3.47. The molecule has 0 spiro atoms. The molecule has 0 radical (unpaired) electrons. The van der Waals surface area contributed by atoms with E-state index >= 15 is 0 Å². The molecule has 27 heavy (non-hydrogen) atoms. The number of amides is 1. The van der Waals surface area contributed by atoms with Crippen LogP contribution >= 0.6 is 0 Å². The Morgan fingerprint density at radius 2 is 1.85 bits per heavy atom. The molecule has 1 aliphatic rings. The Balaban J connectivity index is 1.50. The summed E-state index contributed by atoms with van der Waals surface area (Å²) in [6.45, 7) is 1.14. The zero-order valence-electron chi connectivity index (χ0n) is 16.1. The minimum absolute atomic E-state index is 0.0624. The second-order valence-corrected chi connectivity index (χ2v) is 6.99. The van der Waals surface area contributed by atoms with Crippen LogP contribution in [0.2, 0.25) is 0 Å². The van der Waals surface area contributed by atoms with Gasteiger partial charge in [-0.15, -0.1) is 0 Å². The van der Waals surface area contributed by atoms with Crippen molar-refractivity contribution >= 4 is 11.6 Å². The van der Waals surface area contributed by atoms with E-state index in [-0.39, 0.29) is 5.91 Å². The van der Waals surface area contributed by atoms with Gasteiger partial charge in [0.25, 0.3) is 0 Å². The number of methoxy groups -OCH3 is 1. The molecule has 2 aromatic rings. The Hall–Kier alpha value is -2.53. The molecule has 144 valence electrons. The van der Waals surface area contributed by atoms with Gasteiger partial charge in [-0.2, -0.15) is 0 Å². The minimum atomic E-state index is 0.0624. The monoisotopic (exact) mass is 368 g/mol. The number of carbonyl (C=O) groups is 1. The van der Waals surface area contributed by atoms with Crippen LogP contribution in [-0.2, 0) is 4.79 Å². The summed E-state index contributed by atoms with van der Waals surface area (Å²) in [6.07, 6.45) is 5.19. The van der Waals surface area contributed by atoms with Crippen LogP contribution in [0.1, 0.15) is 32.1 Å². The lowest BCUT2D eigenvalue weighted by Crippen LogP contribution is -2.36. The average Bonchev–Trinajstić information content (AvgIpc) is 2.69. The molecule has 5 nitrogen and oxygen atoms in total. The van der Waals surface area contributed by atoms with Gasteiger partial charge < -0.3 is 19.7 Å². The smallest absolute Gasteiger partial charge is 0.224 e. The highest BCUT2D eigenvalue weighted by molar-refractivity contribution is 5.90. The second kappa shape index (κ2) is 9.42. The van der Waals surface area contributed by atoms with Crippen molar-refractivity contribution in [1.82, 2.24) is 4.90 Å². The van der Waals surface area contributed by atoms with E-state index in [1.807, 2.05) is 48.5 Å². The first-order valence-corrected chi connectivity index (χ1v) is 9.57. The van der Waals surface area contributed by atoms with Crippen LogP contribution in [0.25, 0.3) is 0 Å². The molecule has 5 heteroatoms. The highest BCUT2D eigenvalue weighted by Crippen LogP contribution is 2.31. The van der Waals surface area contributed by atoms with Gasteiger partial charge in [-0.1, -0.05) is 18.6 Å². The average molecular weight is 368 g/mol. The molecule has 1 atom stereocenters. The van der Waals surface area contributed by atoms with Crippen LogP contribution in [-0.4, -0.2) is 37.6 Å². The van der Waals surface area contributed by atoms with Crippen LogP contribution in [0.5, 0.6) is 17.2 Å². The summed E-state index contributed by atoms with van der Waals surface area (Å²) in [6, 6.07) is 15.4. The molecule has 1 amide bonds. The van der Waals surface area contributed by atoms with Crippen LogP contribution < -0.4 is 14.8 Å². The zero-order valence-corrected chi connectivity index (χ0v) is 16.1. The van der Waals surface area contributed by atoms with Gasteiger partial charge in [-0.25, -0.2) is 0 Å². The number of hydrogen-bond donors (Lipinski definition) is 1. The van der Waals surface area contributed by atoms with Crippen LogP contribution in [0.4, 0.5) is 5.69 Å². The standard InChI is InChI=1S/C22H28N2O3/c1-24-16-6-5-7-18(24)12-15-22(25)23-17-10-13-19(14-11-17)27-21-9-4-3-8-20(21)26-2/h3-4,8-11,13-14,18H,5-7,12,15-16H2,1-2H3,(H,23,25). The van der Waals surface area contributed by atoms with Gasteiger partial charge >= 0.3 is 0 Å². The van der Waals surface area contributed by atoms with Crippen LogP contribution in [0.3, 0.4) is 0 Å². The number of benzene rings is 2. The molecule has 0 bridgehead atoms. The molecule has 0 saturated carbocycles. The molecule has 1 saturated heterocycles. The van der Waals surface area contributed by atoms with Gasteiger partial charge in [-0.05, 0) is 69.3 Å². The number of ether oxygens (including phenoxy) is 2. The van der Waals surface area contributed by atoms with Crippen molar-refractivity contribution in [2.45, 2.75) is 38.1 Å². The predicted octanol–water partition coefficient (Wildman–Crippen LogP) is 4.69. The van der Waals surface area contributed by atoms with E-state index in [1.54, 1.807) is 7.11 Å². The Labute approximate surface area is 161 Å². The van der Waals surface area contributed by atoms with Crippen molar-refractivity contribution in [2.75, 3.05) is 26.0 Å². The first-order valence-electron chi connectivity index (χ1n) is 9.57. The van der Waals surface area contributed by atoms with E-state index < -0.39 is 0 Å². The largest absolute Gasteiger partial charge is 0.493 e. The minimum Gasteiger partial charge on any atom is -0.493 e. The lowest BCUT2D eigenvalue weighted by Gasteiger charge is -2.32. The second-order valence-electron chi connectivity index (χ2n) is 6.99. The summed E-state index contributed by atoms with van der Waals surface area (Å²) in [7, 11) is 3.77. The summed E-state index contributed by atoms with van der Waals surface area (Å²) in [5.41, 5.74) is 0.782. The maximum absolute atomic E-state index is 12.2. The van der Waals surface area contributed by atoms with Crippen molar-refractivity contribution in [2.24, 2.45) is 0 Å². The fraction of sp³-hybridized carbons (Fsp3) is 0.409. The molecule has 1 heterocycles. The highest BCUT2D eigenvalue weighted by Gasteiger charge is 2.19. The van der Waals surface area contributed by atoms with Crippen molar-refractivity contribution in [1.29, 1.82) is 0 Å². The number of para-hydroxylation sites is 2. The lowest BCUT2D eigenvalue weighted by molar-refractivity contribution is -0.116. The summed E-state index contributed by atoms with van der Waals surface area (Å²) in [4.78, 5) is 14.6. The van der Waals surface area contributed by atoms with Crippen molar-refractivity contribution in [3.8, 4) is 17.2 Å². The quantitative estimate of drug-likeness (QED) is 0.770. The first kappa shape index (κ1) is 19.2. The molecule has 1 fully saturated rings. The molecule has 1 unspecified atom stereocenters. The Morgan fingerprint density at radius 3 is 2.56 bits per heavy atom. The first-order chi connectivity index (χ1) is 13.2. The van der Waals surface area contributed by atoms with Crippen LogP contribution in [0, 0.1) is 0 Å². The van der Waals surface area contributed by atoms with E-state index in [0.29, 0.717) is 29.7 Å². The topological polar surface area (TPSA) is 50.8 Å². The summed E-state index contributed by atoms with van der Waals surface area (Å²) >= 11 is 0. The number of rotatable bonds is 7. The number of nitrogens with zero attached hydrogens (tertiary/aromatic N) is 1. The van der Waals surface area contributed by atoms with E-state index in [0.717, 1.165) is 18.7 Å². The molecular formula is C22H28N2O3. The third-order valence-corrected chi connectivity index (χ3v) is 5.06. The number of anilines is 1. The van der Waals surface area contributed by atoms with Gasteiger partial charge in [-0.3, -0.25) is 4.79 Å². The molecule has 1 N–H and O–H groups in total. The van der Waals surface area contributed by atoms with E-state index in [9.17, 15) is 4.79 Å². The maximum atomic E-state index is 12.2. The van der Waals surface area contributed by atoms with Crippen LogP contribution in [0.15, 0.2) is 48.5 Å². The van der Waals surface area contributed by atoms with Gasteiger partial charge in [0, 0.05) is 18.2 Å². The summed E-state index contributed by atoms with van der Waals surface area (Å²) < 4.78 is 11.1. The third kappa shape index (κ3) is 5.47. The molecular weight excluding hydrogens is 340 g/mol. The van der Waals surface area contributed by atoms with Gasteiger partial charge in [0.2, 0.25) is 5.91 Å². The number of carbonyl (C=O) groups excluding carboxylic acids is 1. The molecule has 2 aromatic carbocycles. The number of likely N-dealkylation sites (tertiary alicyclic amines) is 1. The fourth-order valence-corrected chi connectivity index (χ4v) is 3.47. The van der Waals surface area contributed by atoms with E-state index in [2.05, 4.69) is 17.3 Å². The van der Waals surface area contributed by atoms with Gasteiger partial charge in [0.1, 0.15) is 5.75 Å². The lowest BCUT2D eigenvalue weighted by atomic mass is 9.98. The SMILES string of the molecule is COc1ccccc1Oc1ccc(NC(=O)CCC2CCCCN2C)cc1. The highest BCUT2D eigenvalue weighted by atomic mass is 16.5. The van der Waals surface area contributed by atoms with Crippen molar-refractivity contribution in [3.63, 3.8) is 0 Å². The summed E-state index contributed by atoms with van der Waals surface area (Å²) in [5.74, 6) is 2.10. The molecule has 0 aliphatic carbocycles. The Bertz CT molecular complexity index is 745. The molecule has 1 aliphatic heterocycles. The van der Waals surface area contributed by atoms with Gasteiger partial charge in [0.15, 0.2) is 11.5 Å². The normalized spacial score (nSPS) is 17.3. The van der Waals surface area contributed by atoms with Crippen molar-refractivity contribution < 1.29 is 14.3 Å². The molecule has 0 aromatic heterocycles. The Kier molecular flexibility index (Phi) is 6.71. The molecule has 3 rings (SSSR count). The summed E-state index contributed by atoms with van der Waals surface area (Å²) in [5, 5.41) is 2.97. The van der Waals surface area contributed by atoms with E-state index in [4.69, 9.17) is 9.47 Å². The maximum Gasteiger partial charge on any atom is 0.224 e. The van der Waals surface area contributed by atoms with Crippen molar-refractivity contribution in [3.05, 3.63) is 48.5 Å². The Morgan fingerprint density at radius 1 is 1.11 bits per heavy atom. The van der Waals surface area contributed by atoms with Gasteiger partial charge in [0.05, 0.1) is 7.11 Å². The number of hydrogen-bond acceptors (Lipinski definition) is 4. The third-order valence-electron chi connectivity index (χ3n) is 5.06. The zero-order chi connectivity index (χ0) is 19.1. The predicted molar refractivity (Wildman–Crippen MR) is 108 cm³/mol. The number of nitrogens with one attached hydrogen (secondary N) is 1. The number of piperidine rings is 1. The van der Waals surface area contributed by atoms with E-state index in [1.165, 1.54) is 19.3 Å².